The number of hydrogen-bond donors (Lipinski definition) is 2. The number of benzene rings is 1. The van der Waals surface area contributed by atoms with Crippen LogP contribution in [0.25, 0.3) is 11.5 Å². The smallest absolute Gasteiger partial charge is 0.252 e. The summed E-state index contributed by atoms with van der Waals surface area (Å²) < 4.78 is 5.47. The molecule has 1 unspecified atom stereocenters. The van der Waals surface area contributed by atoms with Crippen LogP contribution in [0.1, 0.15) is 48.4 Å². The molecule has 2 N–H and O–H groups in total. The summed E-state index contributed by atoms with van der Waals surface area (Å²) in [6.07, 6.45) is 5.18. The number of nitrogens with one attached hydrogen (secondary N) is 1. The molecule has 0 bridgehead atoms. The molecule has 6 heteroatoms. The van der Waals surface area contributed by atoms with E-state index in [2.05, 4.69) is 15.5 Å². The van der Waals surface area contributed by atoms with Crippen molar-refractivity contribution in [2.75, 3.05) is 6.61 Å². The summed E-state index contributed by atoms with van der Waals surface area (Å²) in [6.45, 7) is 1.79. The van der Waals surface area contributed by atoms with Crippen LogP contribution in [0.3, 0.4) is 0 Å². The van der Waals surface area contributed by atoms with Crippen LogP contribution in [-0.2, 0) is 0 Å². The number of carbonyl (C=O) groups excluding carboxylic acids is 1. The highest BCUT2D eigenvalue weighted by Crippen LogP contribution is 2.29. The Morgan fingerprint density at radius 1 is 1.33 bits per heavy atom. The van der Waals surface area contributed by atoms with E-state index in [4.69, 9.17) is 4.42 Å². The normalized spacial score (nSPS) is 16.2. The summed E-state index contributed by atoms with van der Waals surface area (Å²) in [7, 11) is 0. The van der Waals surface area contributed by atoms with Gasteiger partial charge in [-0.25, -0.2) is 0 Å². The van der Waals surface area contributed by atoms with E-state index in [9.17, 15) is 9.90 Å². The Labute approximate surface area is 141 Å². The first-order valence-corrected chi connectivity index (χ1v) is 8.50. The van der Waals surface area contributed by atoms with Gasteiger partial charge in [-0.3, -0.25) is 4.79 Å². The van der Waals surface area contributed by atoms with Gasteiger partial charge in [-0.2, -0.15) is 0 Å². The third-order valence-corrected chi connectivity index (χ3v) is 4.65. The van der Waals surface area contributed by atoms with Gasteiger partial charge in [0.1, 0.15) is 0 Å². The van der Waals surface area contributed by atoms with Crippen LogP contribution in [0.5, 0.6) is 0 Å². The Morgan fingerprint density at radius 3 is 2.75 bits per heavy atom. The molecule has 3 rings (SSSR count). The summed E-state index contributed by atoms with van der Waals surface area (Å²) in [5, 5.41) is 20.3. The minimum atomic E-state index is -0.160. The van der Waals surface area contributed by atoms with Gasteiger partial charge in [0, 0.05) is 19.6 Å². The molecule has 0 aliphatic heterocycles. The van der Waals surface area contributed by atoms with E-state index >= 15 is 0 Å². The Bertz CT molecular complexity index is 692. The predicted molar refractivity (Wildman–Crippen MR) is 89.4 cm³/mol. The molecule has 2 aromatic rings. The number of aromatic nitrogens is 2. The molecular formula is C18H23N3O3. The number of carbonyl (C=O) groups is 1. The van der Waals surface area contributed by atoms with Crippen molar-refractivity contribution in [2.45, 2.75) is 45.1 Å². The standard InChI is InChI=1S/C18H23N3O3/c1-12-20-21-18(24-12)15-9-5-4-8-14(15)17(23)19-16(10-11-22)13-6-2-3-7-13/h4-5,8-9,13,16,22H,2-3,6-7,10-11H2,1H3,(H,19,23). The molecule has 1 amide bonds. The number of nitrogens with zero attached hydrogens (tertiary/aromatic N) is 2. The van der Waals surface area contributed by atoms with Gasteiger partial charge in [-0.05, 0) is 37.3 Å². The summed E-state index contributed by atoms with van der Waals surface area (Å²) in [5.74, 6) is 1.09. The van der Waals surface area contributed by atoms with Gasteiger partial charge in [0.05, 0.1) is 11.1 Å². The van der Waals surface area contributed by atoms with Gasteiger partial charge < -0.3 is 14.8 Å². The van der Waals surface area contributed by atoms with Crippen molar-refractivity contribution in [3.05, 3.63) is 35.7 Å². The quantitative estimate of drug-likeness (QED) is 0.850. The van der Waals surface area contributed by atoms with Crippen LogP contribution in [0.15, 0.2) is 28.7 Å². The molecule has 1 atom stereocenters. The van der Waals surface area contributed by atoms with Crippen molar-refractivity contribution >= 4 is 5.91 Å². The van der Waals surface area contributed by atoms with Crippen LogP contribution < -0.4 is 5.32 Å². The highest BCUT2D eigenvalue weighted by molar-refractivity contribution is 6.00. The van der Waals surface area contributed by atoms with Crippen molar-refractivity contribution < 1.29 is 14.3 Å². The van der Waals surface area contributed by atoms with Gasteiger partial charge in [0.2, 0.25) is 11.8 Å². The molecule has 1 aliphatic carbocycles. The number of aliphatic hydroxyl groups excluding tert-OH is 1. The lowest BCUT2D eigenvalue weighted by Crippen LogP contribution is -2.40. The van der Waals surface area contributed by atoms with E-state index in [0.717, 1.165) is 12.8 Å². The SMILES string of the molecule is Cc1nnc(-c2ccccc2C(=O)NC(CCO)C2CCCC2)o1. The summed E-state index contributed by atoms with van der Waals surface area (Å²) in [6, 6.07) is 7.22. The molecule has 1 aromatic carbocycles. The third-order valence-electron chi connectivity index (χ3n) is 4.65. The minimum Gasteiger partial charge on any atom is -0.421 e. The average molecular weight is 329 g/mol. The first-order chi connectivity index (χ1) is 11.7. The van der Waals surface area contributed by atoms with Crippen LogP contribution in [0.2, 0.25) is 0 Å². The topological polar surface area (TPSA) is 88.2 Å². The van der Waals surface area contributed by atoms with E-state index in [1.54, 1.807) is 19.1 Å². The fourth-order valence-corrected chi connectivity index (χ4v) is 3.44. The van der Waals surface area contributed by atoms with Gasteiger partial charge in [0.25, 0.3) is 5.91 Å². The second-order valence-corrected chi connectivity index (χ2v) is 6.31. The van der Waals surface area contributed by atoms with E-state index in [1.165, 1.54) is 12.8 Å². The predicted octanol–water partition coefficient (Wildman–Crippen LogP) is 2.72. The van der Waals surface area contributed by atoms with Crippen molar-refractivity contribution in [1.82, 2.24) is 15.5 Å². The van der Waals surface area contributed by atoms with Gasteiger partial charge in [0.15, 0.2) is 0 Å². The number of aliphatic hydroxyl groups is 1. The Morgan fingerprint density at radius 2 is 2.08 bits per heavy atom. The second kappa shape index (κ2) is 7.57. The zero-order chi connectivity index (χ0) is 16.9. The summed E-state index contributed by atoms with van der Waals surface area (Å²) in [5.41, 5.74) is 1.15. The van der Waals surface area contributed by atoms with E-state index in [1.807, 2.05) is 12.1 Å². The minimum absolute atomic E-state index is 0.00229. The van der Waals surface area contributed by atoms with Crippen molar-refractivity contribution in [3.8, 4) is 11.5 Å². The maximum Gasteiger partial charge on any atom is 0.252 e. The average Bonchev–Trinajstić information content (AvgIpc) is 3.26. The zero-order valence-corrected chi connectivity index (χ0v) is 13.9. The van der Waals surface area contributed by atoms with Crippen LogP contribution >= 0.6 is 0 Å². The maximum absolute atomic E-state index is 12.8. The lowest BCUT2D eigenvalue weighted by molar-refractivity contribution is 0.0912. The van der Waals surface area contributed by atoms with Gasteiger partial charge >= 0.3 is 0 Å². The first kappa shape index (κ1) is 16.6. The highest BCUT2D eigenvalue weighted by Gasteiger charge is 2.27. The van der Waals surface area contributed by atoms with Gasteiger partial charge in [-0.15, -0.1) is 10.2 Å². The Kier molecular flexibility index (Phi) is 5.25. The largest absolute Gasteiger partial charge is 0.421 e. The summed E-state index contributed by atoms with van der Waals surface area (Å²) >= 11 is 0. The van der Waals surface area contributed by atoms with Crippen LogP contribution in [-0.4, -0.2) is 33.9 Å². The van der Waals surface area contributed by atoms with Crippen molar-refractivity contribution in [1.29, 1.82) is 0 Å². The number of amides is 1. The second-order valence-electron chi connectivity index (χ2n) is 6.31. The molecule has 0 saturated heterocycles. The van der Waals surface area contributed by atoms with Crippen molar-refractivity contribution in [3.63, 3.8) is 0 Å². The third kappa shape index (κ3) is 3.64. The fraction of sp³-hybridized carbons (Fsp3) is 0.500. The number of aryl methyl sites for hydroxylation is 1. The molecule has 1 aliphatic rings. The lowest BCUT2D eigenvalue weighted by Gasteiger charge is -2.24. The molecule has 24 heavy (non-hydrogen) atoms. The van der Waals surface area contributed by atoms with Crippen LogP contribution in [0, 0.1) is 12.8 Å². The monoisotopic (exact) mass is 329 g/mol. The zero-order valence-electron chi connectivity index (χ0n) is 13.9. The van der Waals surface area contributed by atoms with Crippen LogP contribution in [0.4, 0.5) is 0 Å². The fourth-order valence-electron chi connectivity index (χ4n) is 3.44. The lowest BCUT2D eigenvalue weighted by atomic mass is 9.95. The Balaban J connectivity index is 1.81. The molecule has 1 saturated carbocycles. The number of hydrogen-bond acceptors (Lipinski definition) is 5. The van der Waals surface area contributed by atoms with Crippen molar-refractivity contribution in [2.24, 2.45) is 5.92 Å². The molecule has 128 valence electrons. The molecule has 0 radical (unpaired) electrons. The Hall–Kier alpha value is -2.21. The molecular weight excluding hydrogens is 306 g/mol. The molecule has 1 aromatic heterocycles. The summed E-state index contributed by atoms with van der Waals surface area (Å²) in [4.78, 5) is 12.8. The first-order valence-electron chi connectivity index (χ1n) is 8.50. The highest BCUT2D eigenvalue weighted by atomic mass is 16.4. The van der Waals surface area contributed by atoms with E-state index < -0.39 is 0 Å². The molecule has 1 fully saturated rings. The van der Waals surface area contributed by atoms with E-state index in [0.29, 0.717) is 35.2 Å². The van der Waals surface area contributed by atoms with Gasteiger partial charge in [-0.1, -0.05) is 25.0 Å². The molecule has 1 heterocycles. The maximum atomic E-state index is 12.8. The number of rotatable bonds is 6. The molecule has 0 spiro atoms. The molecule has 6 nitrogen and oxygen atoms in total. The van der Waals surface area contributed by atoms with E-state index in [-0.39, 0.29) is 18.6 Å².